The zero-order valence-corrected chi connectivity index (χ0v) is 11.5. The number of fused-ring (bicyclic) bond motifs is 1. The Morgan fingerprint density at radius 2 is 2.16 bits per heavy atom. The summed E-state index contributed by atoms with van der Waals surface area (Å²) in [7, 11) is 2.04. The Balaban J connectivity index is 1.78. The van der Waals surface area contributed by atoms with Crippen molar-refractivity contribution in [3.63, 3.8) is 0 Å². The third-order valence-corrected chi connectivity index (χ3v) is 4.03. The zero-order valence-electron chi connectivity index (χ0n) is 11.5. The fraction of sp³-hybridized carbons (Fsp3) is 0.467. The number of nitrogens with zero attached hydrogens (tertiary/aromatic N) is 3. The van der Waals surface area contributed by atoms with E-state index in [9.17, 15) is 0 Å². The van der Waals surface area contributed by atoms with Crippen molar-refractivity contribution < 1.29 is 0 Å². The summed E-state index contributed by atoms with van der Waals surface area (Å²) in [6.45, 7) is 2.21. The zero-order chi connectivity index (χ0) is 13.2. The highest BCUT2D eigenvalue weighted by atomic mass is 15.3. The van der Waals surface area contributed by atoms with E-state index in [1.807, 2.05) is 30.3 Å². The number of nitrogens with one attached hydrogen (secondary N) is 1. The van der Waals surface area contributed by atoms with Gasteiger partial charge in [-0.3, -0.25) is 9.67 Å². The summed E-state index contributed by atoms with van der Waals surface area (Å²) in [5.74, 6) is 0. The average Bonchev–Trinajstić information content (AvgIpc) is 2.83. The van der Waals surface area contributed by atoms with Crippen LogP contribution in [0.25, 0.3) is 0 Å². The number of hydrogen-bond acceptors (Lipinski definition) is 3. The minimum atomic E-state index is 0.333. The number of hydrogen-bond donors (Lipinski definition) is 1. The fourth-order valence-electron chi connectivity index (χ4n) is 2.93. The van der Waals surface area contributed by atoms with Crippen molar-refractivity contribution in [3.05, 3.63) is 47.5 Å². The lowest BCUT2D eigenvalue weighted by molar-refractivity contribution is 0.411. The van der Waals surface area contributed by atoms with Crippen molar-refractivity contribution in [2.24, 2.45) is 7.05 Å². The summed E-state index contributed by atoms with van der Waals surface area (Å²) in [6.07, 6.45) is 9.29. The minimum absolute atomic E-state index is 0.333. The summed E-state index contributed by atoms with van der Waals surface area (Å²) in [5.41, 5.74) is 4.03. The summed E-state index contributed by atoms with van der Waals surface area (Å²) in [5, 5.41) is 8.12. The maximum absolute atomic E-state index is 4.40. The molecule has 4 heteroatoms. The van der Waals surface area contributed by atoms with Gasteiger partial charge in [-0.25, -0.2) is 0 Å². The van der Waals surface area contributed by atoms with E-state index in [-0.39, 0.29) is 0 Å². The summed E-state index contributed by atoms with van der Waals surface area (Å²) < 4.78 is 2.01. The molecule has 2 aromatic heterocycles. The molecule has 1 aliphatic carbocycles. The van der Waals surface area contributed by atoms with E-state index in [0.29, 0.717) is 12.1 Å². The van der Waals surface area contributed by atoms with Gasteiger partial charge in [0.05, 0.1) is 6.20 Å². The highest BCUT2D eigenvalue weighted by Crippen LogP contribution is 2.31. The van der Waals surface area contributed by atoms with E-state index >= 15 is 0 Å². The van der Waals surface area contributed by atoms with Crippen molar-refractivity contribution in [2.75, 3.05) is 0 Å². The summed E-state index contributed by atoms with van der Waals surface area (Å²) in [4.78, 5) is 4.07. The normalized spacial score (nSPS) is 20.0. The molecule has 2 atom stereocenters. The van der Waals surface area contributed by atoms with Crippen LogP contribution >= 0.6 is 0 Å². The molecule has 1 aliphatic rings. The van der Waals surface area contributed by atoms with Gasteiger partial charge in [-0.05, 0) is 43.9 Å². The van der Waals surface area contributed by atoms with Crippen molar-refractivity contribution >= 4 is 0 Å². The molecule has 0 aromatic carbocycles. The number of pyridine rings is 1. The lowest BCUT2D eigenvalue weighted by Crippen LogP contribution is -2.27. The molecule has 0 saturated carbocycles. The van der Waals surface area contributed by atoms with Crippen molar-refractivity contribution in [1.29, 1.82) is 0 Å². The quantitative estimate of drug-likeness (QED) is 0.917. The van der Waals surface area contributed by atoms with Gasteiger partial charge in [-0.2, -0.15) is 5.10 Å². The Kier molecular flexibility index (Phi) is 3.34. The van der Waals surface area contributed by atoms with E-state index in [1.54, 1.807) is 0 Å². The van der Waals surface area contributed by atoms with Gasteiger partial charge in [0, 0.05) is 42.8 Å². The monoisotopic (exact) mass is 256 g/mol. The van der Waals surface area contributed by atoms with Crippen molar-refractivity contribution in [3.8, 4) is 0 Å². The molecule has 19 heavy (non-hydrogen) atoms. The SMILES string of the molecule is CC(NC1CCCc2c1cnn2C)c1ccncc1. The molecule has 100 valence electrons. The highest BCUT2D eigenvalue weighted by Gasteiger charge is 2.24. The molecule has 0 spiro atoms. The van der Waals surface area contributed by atoms with Gasteiger partial charge in [0.15, 0.2) is 0 Å². The lowest BCUT2D eigenvalue weighted by Gasteiger charge is -2.27. The van der Waals surface area contributed by atoms with Crippen LogP contribution in [0.15, 0.2) is 30.7 Å². The number of rotatable bonds is 3. The molecule has 0 saturated heterocycles. The molecule has 0 radical (unpaired) electrons. The van der Waals surface area contributed by atoms with Gasteiger partial charge in [-0.1, -0.05) is 0 Å². The largest absolute Gasteiger partial charge is 0.303 e. The van der Waals surface area contributed by atoms with Crippen LogP contribution in [0.5, 0.6) is 0 Å². The predicted molar refractivity (Wildman–Crippen MR) is 74.7 cm³/mol. The number of aromatic nitrogens is 3. The maximum Gasteiger partial charge on any atom is 0.0540 e. The Bertz CT molecular complexity index is 547. The summed E-state index contributed by atoms with van der Waals surface area (Å²) in [6, 6.07) is 4.90. The molecule has 2 aromatic rings. The van der Waals surface area contributed by atoms with Crippen LogP contribution in [0.1, 0.15) is 48.7 Å². The van der Waals surface area contributed by atoms with Crippen LogP contribution < -0.4 is 5.32 Å². The maximum atomic E-state index is 4.40. The van der Waals surface area contributed by atoms with Gasteiger partial charge in [-0.15, -0.1) is 0 Å². The first kappa shape index (κ1) is 12.4. The predicted octanol–water partition coefficient (Wildman–Crippen LogP) is 2.54. The van der Waals surface area contributed by atoms with Gasteiger partial charge < -0.3 is 5.32 Å². The fourth-order valence-corrected chi connectivity index (χ4v) is 2.93. The molecule has 0 bridgehead atoms. The van der Waals surface area contributed by atoms with Gasteiger partial charge in [0.2, 0.25) is 0 Å². The molecule has 1 N–H and O–H groups in total. The van der Waals surface area contributed by atoms with Crippen LogP contribution in [-0.2, 0) is 13.5 Å². The third kappa shape index (κ3) is 2.40. The lowest BCUT2D eigenvalue weighted by atomic mass is 9.92. The van der Waals surface area contributed by atoms with Crippen molar-refractivity contribution in [1.82, 2.24) is 20.1 Å². The van der Waals surface area contributed by atoms with E-state index in [0.717, 1.165) is 6.42 Å². The topological polar surface area (TPSA) is 42.7 Å². The van der Waals surface area contributed by atoms with Crippen LogP contribution in [0, 0.1) is 0 Å². The second-order valence-electron chi connectivity index (χ2n) is 5.28. The molecule has 0 aliphatic heterocycles. The molecule has 3 rings (SSSR count). The summed E-state index contributed by atoms with van der Waals surface area (Å²) >= 11 is 0. The Labute approximate surface area is 113 Å². The van der Waals surface area contributed by atoms with Gasteiger partial charge in [0.1, 0.15) is 0 Å². The smallest absolute Gasteiger partial charge is 0.0540 e. The van der Waals surface area contributed by atoms with Crippen LogP contribution in [-0.4, -0.2) is 14.8 Å². The third-order valence-electron chi connectivity index (χ3n) is 4.03. The second kappa shape index (κ2) is 5.13. The van der Waals surface area contributed by atoms with Crippen LogP contribution in [0.2, 0.25) is 0 Å². The van der Waals surface area contributed by atoms with Gasteiger partial charge in [0.25, 0.3) is 0 Å². The Hall–Kier alpha value is -1.68. The molecule has 4 nitrogen and oxygen atoms in total. The molecule has 0 fully saturated rings. The first-order valence-corrected chi connectivity index (χ1v) is 6.92. The molecule has 2 heterocycles. The molecule has 2 unspecified atom stereocenters. The Morgan fingerprint density at radius 1 is 1.37 bits per heavy atom. The van der Waals surface area contributed by atoms with E-state index in [1.165, 1.54) is 29.7 Å². The van der Waals surface area contributed by atoms with Crippen molar-refractivity contribution in [2.45, 2.75) is 38.3 Å². The number of aryl methyl sites for hydroxylation is 1. The second-order valence-corrected chi connectivity index (χ2v) is 5.28. The average molecular weight is 256 g/mol. The van der Waals surface area contributed by atoms with E-state index < -0.39 is 0 Å². The molecule has 0 amide bonds. The minimum Gasteiger partial charge on any atom is -0.303 e. The highest BCUT2D eigenvalue weighted by molar-refractivity contribution is 5.25. The Morgan fingerprint density at radius 3 is 2.95 bits per heavy atom. The molecular weight excluding hydrogens is 236 g/mol. The van der Waals surface area contributed by atoms with Crippen LogP contribution in [0.4, 0.5) is 0 Å². The van der Waals surface area contributed by atoms with E-state index in [4.69, 9.17) is 0 Å². The standard InChI is InChI=1S/C15H20N4/c1-11(12-6-8-16-9-7-12)18-14-4-3-5-15-13(14)10-17-19(15)2/h6-11,14,18H,3-5H2,1-2H3. The van der Waals surface area contributed by atoms with E-state index in [2.05, 4.69) is 34.5 Å². The van der Waals surface area contributed by atoms with Gasteiger partial charge >= 0.3 is 0 Å². The first-order valence-electron chi connectivity index (χ1n) is 6.92. The van der Waals surface area contributed by atoms with Crippen LogP contribution in [0.3, 0.4) is 0 Å². The molecular formula is C15H20N4. The first-order chi connectivity index (χ1) is 9.25.